The predicted octanol–water partition coefficient (Wildman–Crippen LogP) is 0.754. The van der Waals surface area contributed by atoms with E-state index in [1.165, 1.54) is 7.11 Å². The molecule has 2 amide bonds. The zero-order valence-corrected chi connectivity index (χ0v) is 14.2. The van der Waals surface area contributed by atoms with Crippen LogP contribution in [0.4, 0.5) is 0 Å². The maximum Gasteiger partial charge on any atom is 0.270 e. The van der Waals surface area contributed by atoms with Crippen molar-refractivity contribution in [1.82, 2.24) is 15.2 Å². The van der Waals surface area contributed by atoms with Gasteiger partial charge in [0, 0.05) is 43.6 Å². The predicted molar refractivity (Wildman–Crippen MR) is 93.2 cm³/mol. The Hall–Kier alpha value is -2.38. The second-order valence-electron chi connectivity index (χ2n) is 6.36. The third-order valence-electron chi connectivity index (χ3n) is 4.66. The fourth-order valence-corrected chi connectivity index (χ4v) is 3.31. The number of likely N-dealkylation sites (tertiary alicyclic amines) is 1. The van der Waals surface area contributed by atoms with Crippen molar-refractivity contribution < 1.29 is 19.4 Å². The van der Waals surface area contributed by atoms with Gasteiger partial charge < -0.3 is 25.0 Å². The number of carbonyl (C=O) groups is 2. The maximum absolute atomic E-state index is 12.8. The first kappa shape index (κ1) is 17.4. The molecule has 3 N–H and O–H groups in total. The van der Waals surface area contributed by atoms with Crippen LogP contribution in [0.15, 0.2) is 30.3 Å². The first-order valence-corrected chi connectivity index (χ1v) is 8.38. The third-order valence-corrected chi connectivity index (χ3v) is 4.66. The molecule has 1 aliphatic heterocycles. The number of carbonyl (C=O) groups excluding carboxylic acids is 2. The van der Waals surface area contributed by atoms with Crippen molar-refractivity contribution in [2.75, 3.05) is 33.4 Å². The molecule has 0 bridgehead atoms. The topological polar surface area (TPSA) is 94.7 Å². The summed E-state index contributed by atoms with van der Waals surface area (Å²) < 4.78 is 4.83. The molecule has 1 aromatic carbocycles. The van der Waals surface area contributed by atoms with Crippen LogP contribution >= 0.6 is 0 Å². The molecular weight excluding hydrogens is 322 g/mol. The number of aliphatic hydroxyl groups excluding tert-OH is 1. The lowest BCUT2D eigenvalue weighted by Crippen LogP contribution is -2.55. The van der Waals surface area contributed by atoms with Crippen molar-refractivity contribution in [3.8, 4) is 0 Å². The number of rotatable bonds is 5. The highest BCUT2D eigenvalue weighted by Crippen LogP contribution is 2.21. The smallest absolute Gasteiger partial charge is 0.270 e. The first-order chi connectivity index (χ1) is 12.1. The molecule has 2 atom stereocenters. The normalized spacial score (nSPS) is 20.6. The molecule has 1 fully saturated rings. The lowest BCUT2D eigenvalue weighted by atomic mass is 9.92. The third kappa shape index (κ3) is 3.83. The Labute approximate surface area is 146 Å². The number of aromatic nitrogens is 1. The molecule has 7 nitrogen and oxygen atoms in total. The molecule has 2 aromatic rings. The number of hydrogen-bond donors (Lipinski definition) is 3. The van der Waals surface area contributed by atoms with Crippen LogP contribution in [0.25, 0.3) is 10.9 Å². The largest absolute Gasteiger partial charge is 0.396 e. The van der Waals surface area contributed by atoms with Crippen molar-refractivity contribution >= 4 is 22.7 Å². The Morgan fingerprint density at radius 3 is 2.92 bits per heavy atom. The van der Waals surface area contributed by atoms with Gasteiger partial charge in [-0.15, -0.1) is 0 Å². The van der Waals surface area contributed by atoms with Crippen LogP contribution in [0.5, 0.6) is 0 Å². The molecule has 1 saturated heterocycles. The zero-order chi connectivity index (χ0) is 17.8. The van der Waals surface area contributed by atoms with E-state index < -0.39 is 0 Å². The summed E-state index contributed by atoms with van der Waals surface area (Å²) in [5.74, 6) is -0.406. The second kappa shape index (κ2) is 7.67. The number of fused-ring (bicyclic) bond motifs is 1. The number of benzene rings is 1. The van der Waals surface area contributed by atoms with Crippen molar-refractivity contribution in [3.63, 3.8) is 0 Å². The molecule has 3 rings (SSSR count). The summed E-state index contributed by atoms with van der Waals surface area (Å²) in [7, 11) is 1.45. The average Bonchev–Trinajstić information content (AvgIpc) is 3.05. The van der Waals surface area contributed by atoms with Gasteiger partial charge in [-0.3, -0.25) is 9.59 Å². The Kier molecular flexibility index (Phi) is 5.35. The van der Waals surface area contributed by atoms with Crippen molar-refractivity contribution in [2.45, 2.75) is 12.5 Å². The average molecular weight is 345 g/mol. The Morgan fingerprint density at radius 1 is 1.40 bits per heavy atom. The highest BCUT2D eigenvalue weighted by Gasteiger charge is 2.32. The van der Waals surface area contributed by atoms with Gasteiger partial charge in [-0.05, 0) is 18.6 Å². The van der Waals surface area contributed by atoms with E-state index in [4.69, 9.17) is 4.74 Å². The molecule has 1 aromatic heterocycles. The van der Waals surface area contributed by atoms with E-state index in [0.717, 1.165) is 10.9 Å². The van der Waals surface area contributed by atoms with Gasteiger partial charge >= 0.3 is 0 Å². The maximum atomic E-state index is 12.8. The fourth-order valence-electron chi connectivity index (χ4n) is 3.31. The molecule has 134 valence electrons. The minimum absolute atomic E-state index is 0.0215. The molecule has 2 heterocycles. The van der Waals surface area contributed by atoms with E-state index in [1.54, 1.807) is 4.90 Å². The number of nitrogens with one attached hydrogen (secondary N) is 2. The Morgan fingerprint density at radius 2 is 2.20 bits per heavy atom. The lowest BCUT2D eigenvalue weighted by molar-refractivity contribution is -0.126. The fraction of sp³-hybridized carbons (Fsp3) is 0.444. The molecule has 25 heavy (non-hydrogen) atoms. The van der Waals surface area contributed by atoms with E-state index >= 15 is 0 Å². The van der Waals surface area contributed by atoms with E-state index in [1.807, 2.05) is 30.3 Å². The standard InChI is InChI=1S/C18H23N3O4/c1-25-11-17(23)20-16-9-21(7-6-13(16)10-22)18(24)15-8-12-4-2-3-5-14(12)19-15/h2-5,8,13,16,19,22H,6-7,9-11H2,1H3,(H,20,23)/t13-,16-/m1/s1. The van der Waals surface area contributed by atoms with Gasteiger partial charge in [-0.1, -0.05) is 18.2 Å². The molecule has 0 radical (unpaired) electrons. The Bertz CT molecular complexity index is 725. The molecule has 0 unspecified atom stereocenters. The SMILES string of the molecule is COCC(=O)N[C@@H]1CN(C(=O)c2cc3ccccc3[nH]2)CC[C@@H]1CO. The van der Waals surface area contributed by atoms with Gasteiger partial charge in [0.2, 0.25) is 5.91 Å². The van der Waals surface area contributed by atoms with Gasteiger partial charge in [0.1, 0.15) is 12.3 Å². The van der Waals surface area contributed by atoms with Gasteiger partial charge in [0.25, 0.3) is 5.91 Å². The van der Waals surface area contributed by atoms with Crippen LogP contribution in [0.3, 0.4) is 0 Å². The van der Waals surface area contributed by atoms with Gasteiger partial charge in [0.05, 0.1) is 6.04 Å². The number of nitrogens with zero attached hydrogens (tertiary/aromatic N) is 1. The van der Waals surface area contributed by atoms with Crippen LogP contribution in [-0.2, 0) is 9.53 Å². The summed E-state index contributed by atoms with van der Waals surface area (Å²) in [6.45, 7) is 0.863. The number of methoxy groups -OCH3 is 1. The van der Waals surface area contributed by atoms with Crippen molar-refractivity contribution in [2.24, 2.45) is 5.92 Å². The molecule has 1 aliphatic rings. The van der Waals surface area contributed by atoms with Crippen LogP contribution in [0, 0.1) is 5.92 Å². The highest BCUT2D eigenvalue weighted by atomic mass is 16.5. The minimum atomic E-state index is -0.283. The second-order valence-corrected chi connectivity index (χ2v) is 6.36. The number of hydrogen-bond acceptors (Lipinski definition) is 4. The zero-order valence-electron chi connectivity index (χ0n) is 14.2. The molecular formula is C18H23N3O4. The number of aliphatic hydroxyl groups is 1. The summed E-state index contributed by atoms with van der Waals surface area (Å²) in [4.78, 5) is 29.5. The van der Waals surface area contributed by atoms with Gasteiger partial charge in [0.15, 0.2) is 0 Å². The number of H-pyrrole nitrogens is 1. The van der Waals surface area contributed by atoms with E-state index in [0.29, 0.717) is 25.2 Å². The monoisotopic (exact) mass is 345 g/mol. The molecule has 7 heteroatoms. The molecule has 0 spiro atoms. The van der Waals surface area contributed by atoms with Crippen molar-refractivity contribution in [3.05, 3.63) is 36.0 Å². The summed E-state index contributed by atoms with van der Waals surface area (Å²) >= 11 is 0. The van der Waals surface area contributed by atoms with Gasteiger partial charge in [-0.2, -0.15) is 0 Å². The number of piperidine rings is 1. The highest BCUT2D eigenvalue weighted by molar-refractivity contribution is 5.98. The lowest BCUT2D eigenvalue weighted by Gasteiger charge is -2.38. The Balaban J connectivity index is 1.73. The summed E-state index contributed by atoms with van der Waals surface area (Å²) in [6.07, 6.45) is 0.639. The number of aromatic amines is 1. The molecule has 0 saturated carbocycles. The summed E-state index contributed by atoms with van der Waals surface area (Å²) in [5.41, 5.74) is 1.45. The van der Waals surface area contributed by atoms with Crippen molar-refractivity contribution in [1.29, 1.82) is 0 Å². The number of amides is 2. The van der Waals surface area contributed by atoms with Crippen LogP contribution in [-0.4, -0.2) is 66.3 Å². The number of ether oxygens (including phenoxy) is 1. The van der Waals surface area contributed by atoms with Crippen LogP contribution in [0.2, 0.25) is 0 Å². The van der Waals surface area contributed by atoms with E-state index in [9.17, 15) is 14.7 Å². The summed E-state index contributed by atoms with van der Waals surface area (Å²) in [6, 6.07) is 9.29. The molecule has 0 aliphatic carbocycles. The van der Waals surface area contributed by atoms with Gasteiger partial charge in [-0.25, -0.2) is 0 Å². The van der Waals surface area contributed by atoms with E-state index in [-0.39, 0.29) is 37.0 Å². The minimum Gasteiger partial charge on any atom is -0.396 e. The van der Waals surface area contributed by atoms with Crippen LogP contribution < -0.4 is 5.32 Å². The number of para-hydroxylation sites is 1. The van der Waals surface area contributed by atoms with Crippen LogP contribution in [0.1, 0.15) is 16.9 Å². The van der Waals surface area contributed by atoms with E-state index in [2.05, 4.69) is 10.3 Å². The summed E-state index contributed by atoms with van der Waals surface area (Å²) in [5, 5.41) is 13.4. The first-order valence-electron chi connectivity index (χ1n) is 8.38. The quantitative estimate of drug-likeness (QED) is 0.745.